The molecule has 0 radical (unpaired) electrons. The molecule has 4 fully saturated rings. The second-order valence-electron chi connectivity index (χ2n) is 20.1. The molecular weight excluding hydrogens is 617 g/mol. The molecule has 0 bridgehead atoms. The first-order valence-electron chi connectivity index (χ1n) is 23.1. The summed E-state index contributed by atoms with van der Waals surface area (Å²) in [5.41, 5.74) is 18.4. The Morgan fingerprint density at radius 3 is 2.16 bits per heavy atom. The van der Waals surface area contributed by atoms with Crippen LogP contribution in [0.15, 0.2) is 23.8 Å². The molecule has 11 atom stereocenters. The summed E-state index contributed by atoms with van der Waals surface area (Å²) in [6.45, 7) is 29.8. The summed E-state index contributed by atoms with van der Waals surface area (Å²) in [7, 11) is 0. The van der Waals surface area contributed by atoms with Crippen LogP contribution in [0.2, 0.25) is 0 Å². The maximum absolute atomic E-state index is 7.59. The van der Waals surface area contributed by atoms with Gasteiger partial charge in [-0.2, -0.15) is 0 Å². The number of allylic oxidation sites excluding steroid dienone is 2. The Morgan fingerprint density at radius 1 is 0.843 bits per heavy atom. The summed E-state index contributed by atoms with van der Waals surface area (Å²) in [5, 5.41) is 0. The van der Waals surface area contributed by atoms with Crippen LogP contribution in [-0.4, -0.2) is 11.1 Å². The van der Waals surface area contributed by atoms with Gasteiger partial charge in [0, 0.05) is 16.5 Å². The Balaban J connectivity index is 0.000000328. The molecule has 0 saturated heterocycles. The first-order valence-corrected chi connectivity index (χ1v) is 23.1. The lowest BCUT2D eigenvalue weighted by Gasteiger charge is -2.65. The summed E-state index contributed by atoms with van der Waals surface area (Å²) < 4.78 is 0. The maximum atomic E-state index is 7.59. The van der Waals surface area contributed by atoms with Crippen molar-refractivity contribution in [3.05, 3.63) is 23.8 Å². The first kappa shape index (κ1) is 44.8. The predicted molar refractivity (Wildman–Crippen MR) is 228 cm³/mol. The fourth-order valence-electron chi connectivity index (χ4n) is 12.9. The van der Waals surface area contributed by atoms with Crippen LogP contribution in [0.3, 0.4) is 0 Å². The Hall–Kier alpha value is -0.600. The SMILES string of the molecule is C=C(C)CC1CCC2(C)C(=CCC3[C@@H]4CC[C@](N)([C@H](C)CCCC(C)C)C4(C)CC[C@@]32N)C1.CC.CCCCCCCC[C@H]1CC(CC)[C@@H](C)C1. The number of nitrogens with two attached hydrogens (primary N) is 2. The van der Waals surface area contributed by atoms with Crippen molar-refractivity contribution in [2.75, 3.05) is 0 Å². The van der Waals surface area contributed by atoms with E-state index in [1.165, 1.54) is 140 Å². The minimum atomic E-state index is -0.0540. The fraction of sp³-hybridized carbons (Fsp3) is 0.918. The average molecular weight is 709 g/mol. The molecule has 2 nitrogen and oxygen atoms in total. The van der Waals surface area contributed by atoms with Crippen molar-refractivity contribution in [1.82, 2.24) is 0 Å². The van der Waals surface area contributed by atoms with Crippen molar-refractivity contribution in [1.29, 1.82) is 0 Å². The summed E-state index contributed by atoms with van der Waals surface area (Å²) in [5.74, 6) is 6.56. The van der Waals surface area contributed by atoms with E-state index >= 15 is 0 Å². The van der Waals surface area contributed by atoms with Crippen LogP contribution < -0.4 is 11.5 Å². The number of fused-ring (bicyclic) bond motifs is 5. The van der Waals surface area contributed by atoms with Gasteiger partial charge in [0.2, 0.25) is 0 Å². The minimum Gasteiger partial charge on any atom is -0.324 e. The van der Waals surface area contributed by atoms with Gasteiger partial charge in [-0.3, -0.25) is 0 Å². The van der Waals surface area contributed by atoms with Crippen LogP contribution in [-0.2, 0) is 0 Å². The van der Waals surface area contributed by atoms with Crippen molar-refractivity contribution in [3.8, 4) is 0 Å². The maximum Gasteiger partial charge on any atom is 0.0281 e. The van der Waals surface area contributed by atoms with E-state index in [0.717, 1.165) is 36.0 Å². The van der Waals surface area contributed by atoms with E-state index in [1.807, 2.05) is 13.8 Å². The third-order valence-electron chi connectivity index (χ3n) is 16.4. The molecule has 5 unspecified atom stereocenters. The second-order valence-corrected chi connectivity index (χ2v) is 20.1. The van der Waals surface area contributed by atoms with Crippen molar-refractivity contribution >= 4 is 0 Å². The number of unbranched alkanes of at least 4 members (excludes halogenated alkanes) is 5. The molecule has 0 aromatic rings. The zero-order valence-corrected chi connectivity index (χ0v) is 36.6. The van der Waals surface area contributed by atoms with E-state index < -0.39 is 0 Å². The molecule has 51 heavy (non-hydrogen) atoms. The van der Waals surface area contributed by atoms with Crippen LogP contribution in [0.25, 0.3) is 0 Å². The predicted octanol–water partition coefficient (Wildman–Crippen LogP) is 14.6. The third kappa shape index (κ3) is 9.99. The molecule has 0 aromatic carbocycles. The molecule has 298 valence electrons. The standard InChI is InChI=1S/C31H54N2.C16H32.C2H6/c1-21(2)9-8-10-23(5)30(32)16-14-26-27-12-11-25-20-24(19-22(3)4)13-15-28(25,6)31(27,33)18-17-29(26,30)7;1-4-6-7-8-9-10-11-15-12-14(3)16(5-2)13-15;1-2/h11,21,23-24,26-27H,3,8-10,12-20,32-33H2,1-2,4-7H3;14-16H,4-13H2,1-3H3;1-2H3/t23-,24?,26+,27?,28?,29?,30+,31-;14-,15+,16?;/m10./s1. The Kier molecular flexibility index (Phi) is 17.4. The number of rotatable bonds is 15. The molecule has 0 aliphatic heterocycles. The highest BCUT2D eigenvalue weighted by molar-refractivity contribution is 5.33. The van der Waals surface area contributed by atoms with E-state index in [1.54, 1.807) is 5.57 Å². The lowest BCUT2D eigenvalue weighted by molar-refractivity contribution is -0.0782. The highest BCUT2D eigenvalue weighted by Gasteiger charge is 2.67. The van der Waals surface area contributed by atoms with Crippen molar-refractivity contribution < 1.29 is 0 Å². The van der Waals surface area contributed by atoms with Gasteiger partial charge in [-0.1, -0.05) is 151 Å². The Morgan fingerprint density at radius 2 is 1.53 bits per heavy atom. The van der Waals surface area contributed by atoms with Gasteiger partial charge in [0.25, 0.3) is 0 Å². The van der Waals surface area contributed by atoms with Gasteiger partial charge >= 0.3 is 0 Å². The highest BCUT2D eigenvalue weighted by Crippen LogP contribution is 2.69. The number of hydrogen-bond acceptors (Lipinski definition) is 2. The molecule has 4 N–H and O–H groups in total. The van der Waals surface area contributed by atoms with Crippen molar-refractivity contribution in [2.45, 2.75) is 228 Å². The molecule has 0 amide bonds. The minimum absolute atomic E-state index is 0.0278. The van der Waals surface area contributed by atoms with Crippen LogP contribution in [0.5, 0.6) is 0 Å². The average Bonchev–Trinajstić information content (AvgIpc) is 3.59. The third-order valence-corrected chi connectivity index (χ3v) is 16.4. The van der Waals surface area contributed by atoms with E-state index in [-0.39, 0.29) is 21.9 Å². The van der Waals surface area contributed by atoms with Gasteiger partial charge in [0.05, 0.1) is 0 Å². The van der Waals surface area contributed by atoms with Gasteiger partial charge in [-0.15, -0.1) is 6.58 Å². The lowest BCUT2D eigenvalue weighted by Crippen LogP contribution is -2.70. The normalized spacial score (nSPS) is 39.1. The van der Waals surface area contributed by atoms with E-state index in [0.29, 0.717) is 17.8 Å². The summed E-state index contributed by atoms with van der Waals surface area (Å²) in [4.78, 5) is 0. The molecule has 0 spiro atoms. The van der Waals surface area contributed by atoms with Crippen LogP contribution >= 0.6 is 0 Å². The smallest absolute Gasteiger partial charge is 0.0281 e. The molecule has 2 heteroatoms. The molecule has 4 saturated carbocycles. The molecule has 5 aliphatic carbocycles. The van der Waals surface area contributed by atoms with Gasteiger partial charge in [0.15, 0.2) is 0 Å². The molecular formula is C49H92N2. The second kappa shape index (κ2) is 19.8. The Bertz CT molecular complexity index is 1070. The summed E-state index contributed by atoms with van der Waals surface area (Å²) >= 11 is 0. The van der Waals surface area contributed by atoms with Crippen molar-refractivity contribution in [3.63, 3.8) is 0 Å². The summed E-state index contributed by atoms with van der Waals surface area (Å²) in [6, 6.07) is 0. The molecule has 5 aliphatic rings. The first-order chi connectivity index (χ1) is 24.1. The monoisotopic (exact) mass is 709 g/mol. The van der Waals surface area contributed by atoms with E-state index in [2.05, 4.69) is 75.0 Å². The zero-order valence-electron chi connectivity index (χ0n) is 36.6. The van der Waals surface area contributed by atoms with Crippen LogP contribution in [0.4, 0.5) is 0 Å². The van der Waals surface area contributed by atoms with Crippen LogP contribution in [0.1, 0.15) is 217 Å². The van der Waals surface area contributed by atoms with E-state index in [4.69, 9.17) is 11.5 Å². The van der Waals surface area contributed by atoms with Gasteiger partial charge in [-0.25, -0.2) is 0 Å². The van der Waals surface area contributed by atoms with Crippen molar-refractivity contribution in [2.24, 2.45) is 69.6 Å². The quantitative estimate of drug-likeness (QED) is 0.131. The summed E-state index contributed by atoms with van der Waals surface area (Å²) in [6.07, 6.45) is 32.3. The number of hydrogen-bond donors (Lipinski definition) is 2. The van der Waals surface area contributed by atoms with E-state index in [9.17, 15) is 0 Å². The molecule has 0 aromatic heterocycles. The lowest BCUT2D eigenvalue weighted by atomic mass is 9.42. The largest absolute Gasteiger partial charge is 0.324 e. The Labute approximate surface area is 321 Å². The fourth-order valence-corrected chi connectivity index (χ4v) is 12.9. The molecule has 0 heterocycles. The van der Waals surface area contributed by atoms with Gasteiger partial charge in [-0.05, 0) is 137 Å². The highest BCUT2D eigenvalue weighted by atomic mass is 14.9. The van der Waals surface area contributed by atoms with Gasteiger partial charge < -0.3 is 11.5 Å². The van der Waals surface area contributed by atoms with Gasteiger partial charge in [0.1, 0.15) is 0 Å². The molecule has 5 rings (SSSR count). The zero-order chi connectivity index (χ0) is 38.0. The topological polar surface area (TPSA) is 52.0 Å². The van der Waals surface area contributed by atoms with Crippen LogP contribution in [0, 0.1) is 58.2 Å².